The van der Waals surface area contributed by atoms with Crippen LogP contribution in [0.1, 0.15) is 237 Å². The van der Waals surface area contributed by atoms with Crippen LogP contribution in [0.5, 0.6) is 0 Å². The van der Waals surface area contributed by atoms with Crippen LogP contribution in [0.2, 0.25) is 0 Å². The molecule has 72 heavy (non-hydrogen) atoms. The number of hydrogen-bond donors (Lipinski definition) is 0. The summed E-state index contributed by atoms with van der Waals surface area (Å²) in [5, 5.41) is 0. The lowest BCUT2D eigenvalue weighted by Gasteiger charge is -2.56. The minimum absolute atomic E-state index is 0.324. The normalized spacial score (nSPS) is 32.3. The summed E-state index contributed by atoms with van der Waals surface area (Å²) >= 11 is 0. The molecular weight excluding hydrogens is 881 g/mol. The Morgan fingerprint density at radius 1 is 0.208 bits per heavy atom. The molecule has 8 aliphatic rings. The highest BCUT2D eigenvalue weighted by molar-refractivity contribution is 5.02. The predicted octanol–water partition coefficient (Wildman–Crippen LogP) is 13.3. The van der Waals surface area contributed by atoms with E-state index in [0.29, 0.717) is 44.3 Å². The highest BCUT2D eigenvalue weighted by Gasteiger charge is 2.46. The van der Waals surface area contributed by atoms with Gasteiger partial charge in [0.1, 0.15) is 0 Å². The Morgan fingerprint density at radius 2 is 0.458 bits per heavy atom. The zero-order chi connectivity index (χ0) is 54.2. The van der Waals surface area contributed by atoms with Crippen LogP contribution >= 0.6 is 0 Å². The third-order valence-corrected chi connectivity index (χ3v) is 19.7. The average molecular weight is 1010 g/mol. The second-order valence-electron chi connectivity index (χ2n) is 33.0. The second kappa shape index (κ2) is 24.0. The molecule has 8 fully saturated rings. The maximum atomic E-state index is 2.78. The molecule has 424 valence electrons. The van der Waals surface area contributed by atoms with Crippen molar-refractivity contribution in [3.63, 3.8) is 0 Å². The van der Waals surface area contributed by atoms with Gasteiger partial charge in [-0.3, -0.25) is 39.2 Å². The Balaban J connectivity index is 0.000000178. The fourth-order valence-electron chi connectivity index (χ4n) is 15.0. The van der Waals surface area contributed by atoms with Crippen molar-refractivity contribution in [2.24, 2.45) is 29.6 Å². The number of hydrogen-bond acceptors (Lipinski definition) is 8. The minimum Gasteiger partial charge on any atom is -0.298 e. The summed E-state index contributed by atoms with van der Waals surface area (Å²) in [6.07, 6.45) is 15.3. The summed E-state index contributed by atoms with van der Waals surface area (Å²) in [7, 11) is 0. The van der Waals surface area contributed by atoms with Gasteiger partial charge in [0.2, 0.25) is 0 Å². The lowest BCUT2D eigenvalue weighted by molar-refractivity contribution is -0.0667. The van der Waals surface area contributed by atoms with E-state index in [1.165, 1.54) is 156 Å². The zero-order valence-corrected chi connectivity index (χ0v) is 53.2. The van der Waals surface area contributed by atoms with Crippen molar-refractivity contribution in [2.45, 2.75) is 299 Å². The Hall–Kier alpha value is -0.320. The van der Waals surface area contributed by atoms with Crippen LogP contribution in [0.25, 0.3) is 0 Å². The third kappa shape index (κ3) is 17.1. The summed E-state index contributed by atoms with van der Waals surface area (Å²) in [5.74, 6) is 4.66. The molecule has 8 aliphatic heterocycles. The van der Waals surface area contributed by atoms with Gasteiger partial charge in [-0.2, -0.15) is 0 Å². The Bertz CT molecular complexity index is 1510. The lowest BCUT2D eigenvalue weighted by atomic mass is 9.78. The molecule has 0 bridgehead atoms. The van der Waals surface area contributed by atoms with Gasteiger partial charge in [0, 0.05) is 102 Å². The van der Waals surface area contributed by atoms with E-state index in [0.717, 1.165) is 47.7 Å². The van der Waals surface area contributed by atoms with Crippen LogP contribution in [0.4, 0.5) is 0 Å². The van der Waals surface area contributed by atoms with Crippen LogP contribution in [0.3, 0.4) is 0 Å². The summed E-state index contributed by atoms with van der Waals surface area (Å²) < 4.78 is 0. The van der Waals surface area contributed by atoms with Gasteiger partial charge in [-0.15, -0.1) is 0 Å². The van der Waals surface area contributed by atoms with Gasteiger partial charge in [0.05, 0.1) is 0 Å². The molecule has 0 spiro atoms. The molecule has 0 aliphatic carbocycles. The van der Waals surface area contributed by atoms with E-state index in [4.69, 9.17) is 0 Å². The monoisotopic (exact) mass is 1010 g/mol. The van der Waals surface area contributed by atoms with Gasteiger partial charge in [-0.1, -0.05) is 0 Å². The lowest BCUT2D eigenvalue weighted by Crippen LogP contribution is -2.65. The van der Waals surface area contributed by atoms with Gasteiger partial charge in [-0.05, 0) is 312 Å². The van der Waals surface area contributed by atoms with Crippen molar-refractivity contribution >= 4 is 0 Å². The van der Waals surface area contributed by atoms with E-state index < -0.39 is 0 Å². The van der Waals surface area contributed by atoms with E-state index in [-0.39, 0.29) is 0 Å². The molecule has 8 heteroatoms. The maximum Gasteiger partial charge on any atom is 0.0257 e. The first kappa shape index (κ1) is 62.5. The van der Waals surface area contributed by atoms with E-state index in [1.54, 1.807) is 0 Å². The summed E-state index contributed by atoms with van der Waals surface area (Å²) in [6, 6.07) is 2.40. The molecule has 0 aromatic rings. The Labute approximate surface area is 451 Å². The van der Waals surface area contributed by atoms with Crippen molar-refractivity contribution in [1.82, 2.24) is 39.2 Å². The summed E-state index contributed by atoms with van der Waals surface area (Å²) in [4.78, 5) is 21.8. The number of fused-ring (bicyclic) bond motifs is 4. The van der Waals surface area contributed by atoms with Crippen molar-refractivity contribution in [1.29, 1.82) is 0 Å². The quantitative estimate of drug-likeness (QED) is 0.237. The van der Waals surface area contributed by atoms with E-state index in [9.17, 15) is 0 Å². The predicted molar refractivity (Wildman–Crippen MR) is 316 cm³/mol. The number of piperidine rings is 8. The van der Waals surface area contributed by atoms with Gasteiger partial charge < -0.3 is 0 Å². The molecule has 8 nitrogen and oxygen atoms in total. The first-order chi connectivity index (χ1) is 32.8. The fourth-order valence-corrected chi connectivity index (χ4v) is 15.0. The molecule has 6 unspecified atom stereocenters. The van der Waals surface area contributed by atoms with Crippen molar-refractivity contribution < 1.29 is 0 Å². The molecule has 0 amide bonds. The van der Waals surface area contributed by atoms with Crippen LogP contribution in [-0.2, 0) is 0 Å². The third-order valence-electron chi connectivity index (χ3n) is 19.7. The molecule has 8 rings (SSSR count). The number of nitrogens with zero attached hydrogens (tertiary/aromatic N) is 8. The summed E-state index contributed by atoms with van der Waals surface area (Å²) in [6.45, 7) is 73.7. The topological polar surface area (TPSA) is 25.9 Å². The van der Waals surface area contributed by atoms with E-state index >= 15 is 0 Å². The molecule has 0 aromatic heterocycles. The highest BCUT2D eigenvalue weighted by Crippen LogP contribution is 2.41. The average Bonchev–Trinajstić information content (AvgIpc) is 3.25. The van der Waals surface area contributed by atoms with Gasteiger partial charge in [0.15, 0.2) is 0 Å². The maximum absolute atomic E-state index is 2.78. The SMILES string of the molecule is CC(C)(C)N1CCC2C(CCCN2C(C)(C)C)C1.CC(C)(C)N1CCC2CCN(C(C)(C)C)CC2C1.CC(C)(C)N1CCC2CN(C(C)(C)C)CCC2C1.CC(C)(C)N1CCCC2C1CCCN2C(C)(C)C. The largest absolute Gasteiger partial charge is 0.298 e. The van der Waals surface area contributed by atoms with Crippen LogP contribution in [0.15, 0.2) is 0 Å². The molecule has 6 atom stereocenters. The first-order valence-corrected chi connectivity index (χ1v) is 30.8. The van der Waals surface area contributed by atoms with Crippen LogP contribution in [-0.4, -0.2) is 187 Å². The Morgan fingerprint density at radius 3 is 0.764 bits per heavy atom. The molecule has 8 saturated heterocycles. The van der Waals surface area contributed by atoms with Gasteiger partial charge >= 0.3 is 0 Å². The molecule has 0 saturated carbocycles. The van der Waals surface area contributed by atoms with Crippen LogP contribution < -0.4 is 0 Å². The molecule has 0 radical (unpaired) electrons. The first-order valence-electron chi connectivity index (χ1n) is 30.8. The smallest absolute Gasteiger partial charge is 0.0257 e. The second-order valence-corrected chi connectivity index (χ2v) is 33.0. The van der Waals surface area contributed by atoms with Crippen LogP contribution in [0, 0.1) is 29.6 Å². The number of rotatable bonds is 0. The molecule has 8 heterocycles. The molecular formula is C64H128N8. The van der Waals surface area contributed by atoms with Gasteiger partial charge in [-0.25, -0.2) is 0 Å². The summed E-state index contributed by atoms with van der Waals surface area (Å²) in [5.41, 5.74) is 2.72. The zero-order valence-electron chi connectivity index (χ0n) is 53.2. The Kier molecular flexibility index (Phi) is 20.8. The minimum atomic E-state index is 0.324. The van der Waals surface area contributed by atoms with Crippen molar-refractivity contribution in [3.8, 4) is 0 Å². The number of likely N-dealkylation sites (tertiary alicyclic amines) is 8. The highest BCUT2D eigenvalue weighted by atomic mass is 15.3. The standard InChI is InChI=1S/4C16H32N2/c1-15(2,3)17-11-7-10-14-13(17)9-8-12-18(14)16(4,5)6;1-15(2,3)17-9-7-14-12-18(16(4,5)6)10-8-13(14)11-17;1-15(2,3)17-9-7-13-8-10-18(16(4,5)6)12-14(13)11-17;1-15(2,3)17-11-9-14-13(12-17)8-7-10-18(14)16(4,5)6/h4*13-14H,7-12H2,1-6H3. The van der Waals surface area contributed by atoms with E-state index in [2.05, 4.69) is 205 Å². The molecule has 0 N–H and O–H groups in total. The van der Waals surface area contributed by atoms with Crippen molar-refractivity contribution in [2.75, 3.05) is 85.1 Å². The van der Waals surface area contributed by atoms with E-state index in [1.807, 2.05) is 0 Å². The van der Waals surface area contributed by atoms with Crippen molar-refractivity contribution in [3.05, 3.63) is 0 Å². The molecule has 0 aromatic carbocycles. The van der Waals surface area contributed by atoms with Gasteiger partial charge in [0.25, 0.3) is 0 Å². The fraction of sp³-hybridized carbons (Fsp3) is 1.00.